The van der Waals surface area contributed by atoms with Gasteiger partial charge in [0.25, 0.3) is 0 Å². The fraction of sp³-hybridized carbons (Fsp3) is 0.227. The predicted octanol–water partition coefficient (Wildman–Crippen LogP) is 4.39. The Balaban J connectivity index is 1.44. The number of fused-ring (bicyclic) bond motifs is 1. The van der Waals surface area contributed by atoms with Crippen LogP contribution in [0.15, 0.2) is 48.8 Å². The zero-order valence-electron chi connectivity index (χ0n) is 17.1. The van der Waals surface area contributed by atoms with Crippen LogP contribution in [0.25, 0.3) is 21.2 Å². The van der Waals surface area contributed by atoms with Gasteiger partial charge in [0, 0.05) is 36.4 Å². The van der Waals surface area contributed by atoms with Gasteiger partial charge >= 0.3 is 6.18 Å². The van der Waals surface area contributed by atoms with Gasteiger partial charge < -0.3 is 16.2 Å². The highest BCUT2D eigenvalue weighted by atomic mass is 32.1. The summed E-state index contributed by atoms with van der Waals surface area (Å²) in [5, 5.41) is 14.9. The third-order valence-electron chi connectivity index (χ3n) is 4.93. The number of hydrogen-bond donors (Lipinski definition) is 3. The second-order valence-corrected chi connectivity index (χ2v) is 8.42. The lowest BCUT2D eigenvalue weighted by Gasteiger charge is -2.13. The fourth-order valence-corrected chi connectivity index (χ4v) is 4.30. The molecule has 0 saturated carbocycles. The minimum atomic E-state index is -4.48. The first kappa shape index (κ1) is 23.0. The molecule has 0 fully saturated rings. The Morgan fingerprint density at radius 2 is 1.88 bits per heavy atom. The van der Waals surface area contributed by atoms with Gasteiger partial charge in [0.2, 0.25) is 5.95 Å². The molecule has 172 valence electrons. The lowest BCUT2D eigenvalue weighted by Crippen LogP contribution is -2.31. The van der Waals surface area contributed by atoms with Crippen LogP contribution in [-0.4, -0.2) is 32.6 Å². The van der Waals surface area contributed by atoms with Crippen LogP contribution >= 0.6 is 11.3 Å². The number of aromatic nitrogens is 3. The molecule has 0 saturated heterocycles. The highest BCUT2D eigenvalue weighted by Crippen LogP contribution is 2.35. The first-order chi connectivity index (χ1) is 15.7. The zero-order chi connectivity index (χ0) is 23.6. The van der Waals surface area contributed by atoms with Crippen molar-refractivity contribution in [3.63, 3.8) is 0 Å². The highest BCUT2D eigenvalue weighted by Gasteiger charge is 2.32. The molecule has 0 bridgehead atoms. The number of thiazole rings is 1. The number of aliphatic hydroxyl groups is 1. The van der Waals surface area contributed by atoms with Gasteiger partial charge in [0.1, 0.15) is 5.69 Å². The molecule has 0 aliphatic heterocycles. The van der Waals surface area contributed by atoms with E-state index in [0.29, 0.717) is 34.7 Å². The van der Waals surface area contributed by atoms with Gasteiger partial charge in [-0.05, 0) is 35.1 Å². The molecule has 0 unspecified atom stereocenters. The van der Waals surface area contributed by atoms with E-state index in [2.05, 4.69) is 20.3 Å². The van der Waals surface area contributed by atoms with Crippen molar-refractivity contribution < 1.29 is 22.7 Å². The van der Waals surface area contributed by atoms with Crippen LogP contribution in [0.4, 0.5) is 22.7 Å². The Labute approximate surface area is 190 Å². The maximum atomic E-state index is 13.5. The Morgan fingerprint density at radius 1 is 1.06 bits per heavy atom. The lowest BCUT2D eigenvalue weighted by atomic mass is 10.1. The summed E-state index contributed by atoms with van der Waals surface area (Å²) in [5.41, 5.74) is 7.01. The van der Waals surface area contributed by atoms with Crippen LogP contribution in [0.5, 0.6) is 0 Å². The third kappa shape index (κ3) is 5.44. The van der Waals surface area contributed by atoms with E-state index in [4.69, 9.17) is 5.73 Å². The summed E-state index contributed by atoms with van der Waals surface area (Å²) in [7, 11) is 0. The number of nitrogens with zero attached hydrogens (tertiary/aromatic N) is 3. The number of hydrogen-bond acceptors (Lipinski definition) is 7. The molecular formula is C22H19F4N5OS. The molecule has 4 N–H and O–H groups in total. The summed E-state index contributed by atoms with van der Waals surface area (Å²) >= 11 is 1.32. The number of pyridine rings is 2. The van der Waals surface area contributed by atoms with Crippen molar-refractivity contribution >= 4 is 27.2 Å². The number of rotatable bonds is 7. The molecule has 11 heteroatoms. The highest BCUT2D eigenvalue weighted by molar-refractivity contribution is 7.19. The summed E-state index contributed by atoms with van der Waals surface area (Å²) < 4.78 is 51.4. The number of anilines is 1. The molecule has 4 aromatic rings. The average Bonchev–Trinajstić information content (AvgIpc) is 3.20. The second-order valence-electron chi connectivity index (χ2n) is 7.42. The molecule has 1 aromatic carbocycles. The fourth-order valence-electron chi connectivity index (χ4n) is 3.32. The standard InChI is InChI=1S/C22H19F4N5OS/c23-19-7-15-6-13(2-3-14(15)9-29-19)20-17(11-32)31-21(33-20)30-10-16(27)5-12-1-4-18(28-8-12)22(24,25)26/h1-4,6-9,16,32H,5,10-11,27H2,(H,30,31)/t16-/m0/s1. The largest absolute Gasteiger partial charge is 0.433 e. The van der Waals surface area contributed by atoms with Gasteiger partial charge in [0.15, 0.2) is 5.13 Å². The SMILES string of the molecule is N[C@H](CNc1nc(CO)c(-c2ccc3cnc(F)cc3c2)s1)Cc1ccc(C(F)(F)F)nc1. The Morgan fingerprint density at radius 3 is 2.58 bits per heavy atom. The van der Waals surface area contributed by atoms with Gasteiger partial charge in [0.05, 0.1) is 17.2 Å². The number of aliphatic hydroxyl groups excluding tert-OH is 1. The van der Waals surface area contributed by atoms with E-state index in [0.717, 1.165) is 21.9 Å². The van der Waals surface area contributed by atoms with Crippen LogP contribution in [-0.2, 0) is 19.2 Å². The van der Waals surface area contributed by atoms with E-state index >= 15 is 0 Å². The Kier molecular flexibility index (Phi) is 6.54. The van der Waals surface area contributed by atoms with Gasteiger partial charge in [-0.3, -0.25) is 4.98 Å². The molecule has 6 nitrogen and oxygen atoms in total. The minimum Gasteiger partial charge on any atom is -0.390 e. The van der Waals surface area contributed by atoms with E-state index in [-0.39, 0.29) is 6.61 Å². The molecule has 0 amide bonds. The van der Waals surface area contributed by atoms with Crippen LogP contribution in [0.3, 0.4) is 0 Å². The van der Waals surface area contributed by atoms with E-state index in [1.54, 1.807) is 6.07 Å². The summed E-state index contributed by atoms with van der Waals surface area (Å²) in [6, 6.07) is 8.71. The van der Waals surface area contributed by atoms with Crippen molar-refractivity contribution in [1.29, 1.82) is 0 Å². The van der Waals surface area contributed by atoms with Gasteiger partial charge in [-0.1, -0.05) is 29.5 Å². The van der Waals surface area contributed by atoms with Crippen molar-refractivity contribution in [2.24, 2.45) is 5.73 Å². The van der Waals surface area contributed by atoms with Crippen molar-refractivity contribution in [3.8, 4) is 10.4 Å². The molecule has 3 heterocycles. The van der Waals surface area contributed by atoms with Crippen LogP contribution < -0.4 is 11.1 Å². The van der Waals surface area contributed by atoms with Crippen molar-refractivity contribution in [2.75, 3.05) is 11.9 Å². The Bertz CT molecular complexity index is 1260. The minimum absolute atomic E-state index is 0.278. The quantitative estimate of drug-likeness (QED) is 0.270. The van der Waals surface area contributed by atoms with Crippen LogP contribution in [0, 0.1) is 5.95 Å². The zero-order valence-corrected chi connectivity index (χ0v) is 17.9. The van der Waals surface area contributed by atoms with Gasteiger partial charge in [-0.25, -0.2) is 9.97 Å². The summed E-state index contributed by atoms with van der Waals surface area (Å²) in [5.74, 6) is -0.578. The van der Waals surface area contributed by atoms with E-state index in [1.165, 1.54) is 35.9 Å². The maximum Gasteiger partial charge on any atom is 0.433 e. The first-order valence-electron chi connectivity index (χ1n) is 9.91. The van der Waals surface area contributed by atoms with Crippen LogP contribution in [0.2, 0.25) is 0 Å². The molecule has 0 spiro atoms. The van der Waals surface area contributed by atoms with Crippen LogP contribution in [0.1, 0.15) is 17.0 Å². The van der Waals surface area contributed by atoms with Crippen molar-refractivity contribution in [3.05, 3.63) is 71.7 Å². The van der Waals surface area contributed by atoms with Gasteiger partial charge in [-0.2, -0.15) is 17.6 Å². The molecule has 1 atom stereocenters. The molecule has 4 rings (SSSR count). The summed E-state index contributed by atoms with van der Waals surface area (Å²) in [6.45, 7) is 0.0347. The summed E-state index contributed by atoms with van der Waals surface area (Å²) in [4.78, 5) is 12.2. The maximum absolute atomic E-state index is 13.5. The third-order valence-corrected chi connectivity index (χ3v) is 6.03. The van der Waals surface area contributed by atoms with E-state index in [1.807, 2.05) is 12.1 Å². The topological polar surface area (TPSA) is 97.0 Å². The lowest BCUT2D eigenvalue weighted by molar-refractivity contribution is -0.141. The smallest absolute Gasteiger partial charge is 0.390 e. The number of benzene rings is 1. The Hall–Kier alpha value is -3.15. The molecular weight excluding hydrogens is 458 g/mol. The van der Waals surface area contributed by atoms with Gasteiger partial charge in [-0.15, -0.1) is 0 Å². The number of alkyl halides is 3. The molecule has 0 aliphatic rings. The second kappa shape index (κ2) is 9.38. The average molecular weight is 477 g/mol. The number of nitrogens with two attached hydrogens (primary N) is 1. The summed E-state index contributed by atoms with van der Waals surface area (Å²) in [6.07, 6.45) is -1.53. The number of halogens is 4. The van der Waals surface area contributed by atoms with Crippen molar-refractivity contribution in [1.82, 2.24) is 15.0 Å². The monoisotopic (exact) mass is 477 g/mol. The van der Waals surface area contributed by atoms with E-state index in [9.17, 15) is 22.7 Å². The first-order valence-corrected chi connectivity index (χ1v) is 10.7. The van der Waals surface area contributed by atoms with E-state index < -0.39 is 23.9 Å². The molecule has 0 radical (unpaired) electrons. The molecule has 3 aromatic heterocycles. The number of nitrogens with one attached hydrogen (secondary N) is 1. The van der Waals surface area contributed by atoms with Crippen molar-refractivity contribution in [2.45, 2.75) is 25.2 Å². The normalized spacial score (nSPS) is 12.8. The molecule has 0 aliphatic carbocycles. The predicted molar refractivity (Wildman–Crippen MR) is 118 cm³/mol. The molecule has 33 heavy (non-hydrogen) atoms.